The third-order valence-corrected chi connectivity index (χ3v) is 2.80. The standard InChI is InChI=1S/C11H13FO/c1-7-8(2)13-6-9-3-4-10(12)5-11(7)9/h3-5,7-8H,6H2,1-2H3/t7?,8-/m1/s1. The molecular formula is C11H13FO. The van der Waals surface area contributed by atoms with Crippen LogP contribution in [0.5, 0.6) is 0 Å². The largest absolute Gasteiger partial charge is 0.373 e. The van der Waals surface area contributed by atoms with E-state index in [4.69, 9.17) is 4.74 Å². The molecule has 0 spiro atoms. The Hall–Kier alpha value is -0.890. The van der Waals surface area contributed by atoms with Gasteiger partial charge < -0.3 is 4.74 Å². The lowest BCUT2D eigenvalue weighted by Gasteiger charge is -2.28. The Labute approximate surface area is 77.5 Å². The summed E-state index contributed by atoms with van der Waals surface area (Å²) in [5.41, 5.74) is 2.21. The molecule has 0 aromatic heterocycles. The number of halogens is 1. The predicted molar refractivity (Wildman–Crippen MR) is 49.1 cm³/mol. The zero-order valence-electron chi connectivity index (χ0n) is 7.88. The highest BCUT2D eigenvalue weighted by Crippen LogP contribution is 2.31. The van der Waals surface area contributed by atoms with Crippen LogP contribution in [0.2, 0.25) is 0 Å². The lowest BCUT2D eigenvalue weighted by Crippen LogP contribution is -2.23. The van der Waals surface area contributed by atoms with Gasteiger partial charge in [0.1, 0.15) is 5.82 Å². The average Bonchev–Trinajstić information content (AvgIpc) is 2.12. The van der Waals surface area contributed by atoms with Gasteiger partial charge in [-0.2, -0.15) is 0 Å². The van der Waals surface area contributed by atoms with Crippen molar-refractivity contribution in [2.75, 3.05) is 0 Å². The average molecular weight is 180 g/mol. The fraction of sp³-hybridized carbons (Fsp3) is 0.455. The Morgan fingerprint density at radius 1 is 1.38 bits per heavy atom. The Bertz CT molecular complexity index is 322. The minimum absolute atomic E-state index is 0.153. The van der Waals surface area contributed by atoms with Crippen LogP contribution < -0.4 is 0 Å². The van der Waals surface area contributed by atoms with Gasteiger partial charge in [0.15, 0.2) is 0 Å². The maximum atomic E-state index is 13.0. The lowest BCUT2D eigenvalue weighted by molar-refractivity contribution is 0.0240. The maximum Gasteiger partial charge on any atom is 0.123 e. The van der Waals surface area contributed by atoms with Crippen molar-refractivity contribution in [1.82, 2.24) is 0 Å². The molecule has 1 heterocycles. The molecule has 0 amide bonds. The van der Waals surface area contributed by atoms with E-state index in [9.17, 15) is 4.39 Å². The lowest BCUT2D eigenvalue weighted by atomic mass is 9.90. The Balaban J connectivity index is 2.45. The van der Waals surface area contributed by atoms with Crippen LogP contribution in [0.15, 0.2) is 18.2 Å². The van der Waals surface area contributed by atoms with Gasteiger partial charge in [-0.1, -0.05) is 13.0 Å². The third-order valence-electron chi connectivity index (χ3n) is 2.80. The fourth-order valence-corrected chi connectivity index (χ4v) is 1.74. The first kappa shape index (κ1) is 8.70. The number of hydrogen-bond donors (Lipinski definition) is 0. The van der Waals surface area contributed by atoms with Crippen molar-refractivity contribution in [3.8, 4) is 0 Å². The first-order valence-corrected chi connectivity index (χ1v) is 4.58. The number of fused-ring (bicyclic) bond motifs is 1. The highest BCUT2D eigenvalue weighted by molar-refractivity contribution is 5.32. The molecule has 2 rings (SSSR count). The number of benzene rings is 1. The highest BCUT2D eigenvalue weighted by Gasteiger charge is 2.23. The summed E-state index contributed by atoms with van der Waals surface area (Å²) in [5.74, 6) is 0.138. The number of rotatable bonds is 0. The van der Waals surface area contributed by atoms with Crippen molar-refractivity contribution in [2.45, 2.75) is 32.5 Å². The third kappa shape index (κ3) is 1.46. The van der Waals surface area contributed by atoms with E-state index >= 15 is 0 Å². The molecule has 1 aliphatic rings. The Morgan fingerprint density at radius 3 is 2.92 bits per heavy atom. The van der Waals surface area contributed by atoms with Crippen LogP contribution in [0.4, 0.5) is 4.39 Å². The zero-order valence-corrected chi connectivity index (χ0v) is 7.88. The van der Waals surface area contributed by atoms with E-state index in [2.05, 4.69) is 6.92 Å². The summed E-state index contributed by atoms with van der Waals surface area (Å²) >= 11 is 0. The molecule has 1 aromatic carbocycles. The number of ether oxygens (including phenoxy) is 1. The molecule has 0 saturated heterocycles. The maximum absolute atomic E-state index is 13.0. The van der Waals surface area contributed by atoms with E-state index in [1.807, 2.05) is 13.0 Å². The quantitative estimate of drug-likeness (QED) is 0.596. The van der Waals surface area contributed by atoms with Crippen LogP contribution in [0.1, 0.15) is 30.9 Å². The first-order chi connectivity index (χ1) is 6.18. The van der Waals surface area contributed by atoms with E-state index in [-0.39, 0.29) is 11.9 Å². The van der Waals surface area contributed by atoms with Crippen molar-refractivity contribution < 1.29 is 9.13 Å². The summed E-state index contributed by atoms with van der Waals surface area (Å²) in [7, 11) is 0. The molecule has 0 aliphatic carbocycles. The SMILES string of the molecule is CC1c2cc(F)ccc2CO[C@@H]1C. The van der Waals surface area contributed by atoms with Gasteiger partial charge >= 0.3 is 0 Å². The first-order valence-electron chi connectivity index (χ1n) is 4.58. The summed E-state index contributed by atoms with van der Waals surface area (Å²) < 4.78 is 18.5. The van der Waals surface area contributed by atoms with Crippen LogP contribution >= 0.6 is 0 Å². The van der Waals surface area contributed by atoms with Gasteiger partial charge in [-0.25, -0.2) is 4.39 Å². The second kappa shape index (κ2) is 3.11. The van der Waals surface area contributed by atoms with Gasteiger partial charge in [0.25, 0.3) is 0 Å². The van der Waals surface area contributed by atoms with E-state index in [0.717, 1.165) is 11.1 Å². The molecule has 0 bridgehead atoms. The molecule has 1 aliphatic heterocycles. The topological polar surface area (TPSA) is 9.23 Å². The molecule has 0 N–H and O–H groups in total. The molecule has 1 nitrogen and oxygen atoms in total. The molecule has 2 atom stereocenters. The van der Waals surface area contributed by atoms with Crippen molar-refractivity contribution in [3.05, 3.63) is 35.1 Å². The molecule has 0 radical (unpaired) electrons. The minimum atomic E-state index is -0.153. The van der Waals surface area contributed by atoms with E-state index in [0.29, 0.717) is 12.5 Å². The second-order valence-electron chi connectivity index (χ2n) is 3.65. The molecule has 13 heavy (non-hydrogen) atoms. The van der Waals surface area contributed by atoms with Crippen molar-refractivity contribution in [2.24, 2.45) is 0 Å². The van der Waals surface area contributed by atoms with Gasteiger partial charge in [-0.15, -0.1) is 0 Å². The summed E-state index contributed by atoms with van der Waals surface area (Å²) in [6.07, 6.45) is 0.189. The molecular weight excluding hydrogens is 167 g/mol. The van der Waals surface area contributed by atoms with Crippen LogP contribution in [0.25, 0.3) is 0 Å². The van der Waals surface area contributed by atoms with Crippen molar-refractivity contribution in [1.29, 1.82) is 0 Å². The molecule has 1 aromatic rings. The van der Waals surface area contributed by atoms with Gasteiger partial charge in [-0.05, 0) is 30.2 Å². The highest BCUT2D eigenvalue weighted by atomic mass is 19.1. The minimum Gasteiger partial charge on any atom is -0.373 e. The van der Waals surface area contributed by atoms with Crippen LogP contribution in [-0.2, 0) is 11.3 Å². The monoisotopic (exact) mass is 180 g/mol. The molecule has 0 saturated carbocycles. The van der Waals surface area contributed by atoms with E-state index < -0.39 is 0 Å². The fourth-order valence-electron chi connectivity index (χ4n) is 1.74. The molecule has 2 heteroatoms. The molecule has 70 valence electrons. The van der Waals surface area contributed by atoms with Crippen molar-refractivity contribution >= 4 is 0 Å². The summed E-state index contributed by atoms with van der Waals surface area (Å²) in [4.78, 5) is 0. The van der Waals surface area contributed by atoms with Crippen LogP contribution in [-0.4, -0.2) is 6.10 Å². The predicted octanol–water partition coefficient (Wildman–Crippen LogP) is 2.85. The van der Waals surface area contributed by atoms with Gasteiger partial charge in [0.2, 0.25) is 0 Å². The van der Waals surface area contributed by atoms with Gasteiger partial charge in [-0.3, -0.25) is 0 Å². The molecule has 0 fully saturated rings. The zero-order chi connectivity index (χ0) is 9.42. The Morgan fingerprint density at radius 2 is 2.15 bits per heavy atom. The molecule has 1 unspecified atom stereocenters. The van der Waals surface area contributed by atoms with Crippen LogP contribution in [0.3, 0.4) is 0 Å². The summed E-state index contributed by atoms with van der Waals surface area (Å²) in [6.45, 7) is 4.71. The summed E-state index contributed by atoms with van der Waals surface area (Å²) in [5, 5.41) is 0. The Kier molecular flexibility index (Phi) is 2.08. The summed E-state index contributed by atoms with van der Waals surface area (Å²) in [6, 6.07) is 4.93. The van der Waals surface area contributed by atoms with Crippen LogP contribution in [0, 0.1) is 5.82 Å². The van der Waals surface area contributed by atoms with E-state index in [1.54, 1.807) is 6.07 Å². The smallest absolute Gasteiger partial charge is 0.123 e. The normalized spacial score (nSPS) is 27.0. The van der Waals surface area contributed by atoms with Crippen molar-refractivity contribution in [3.63, 3.8) is 0 Å². The second-order valence-corrected chi connectivity index (χ2v) is 3.65. The number of hydrogen-bond acceptors (Lipinski definition) is 1. The van der Waals surface area contributed by atoms with E-state index in [1.165, 1.54) is 6.07 Å². The van der Waals surface area contributed by atoms with Gasteiger partial charge in [0, 0.05) is 5.92 Å². The van der Waals surface area contributed by atoms with Gasteiger partial charge in [0.05, 0.1) is 12.7 Å².